The second kappa shape index (κ2) is 5.82. The molecule has 0 spiro atoms. The maximum absolute atomic E-state index is 13.6. The molecule has 0 saturated carbocycles. The summed E-state index contributed by atoms with van der Waals surface area (Å²) in [6.07, 6.45) is 2.86. The Morgan fingerprint density at radius 3 is 2.21 bits per heavy atom. The number of fused-ring (bicyclic) bond motifs is 1. The summed E-state index contributed by atoms with van der Waals surface area (Å²) in [4.78, 5) is 16.0. The Balaban J connectivity index is 2.05. The van der Waals surface area contributed by atoms with E-state index in [4.69, 9.17) is 0 Å². The van der Waals surface area contributed by atoms with Crippen molar-refractivity contribution in [1.29, 1.82) is 0 Å². The molecule has 2 heterocycles. The van der Waals surface area contributed by atoms with Crippen LogP contribution in [0.15, 0.2) is 22.9 Å². The van der Waals surface area contributed by atoms with E-state index >= 15 is 0 Å². The van der Waals surface area contributed by atoms with Gasteiger partial charge in [-0.25, -0.2) is 31.5 Å². The first kappa shape index (κ1) is 16.3. The highest BCUT2D eigenvalue weighted by Gasteiger charge is 2.28. The van der Waals surface area contributed by atoms with Crippen molar-refractivity contribution in [2.45, 2.75) is 0 Å². The van der Waals surface area contributed by atoms with Gasteiger partial charge in [0.15, 0.2) is 34.6 Å². The van der Waals surface area contributed by atoms with E-state index in [1.165, 1.54) is 23.0 Å². The van der Waals surface area contributed by atoms with Crippen LogP contribution in [0.2, 0.25) is 0 Å². The van der Waals surface area contributed by atoms with Crippen LogP contribution >= 0.6 is 15.9 Å². The van der Waals surface area contributed by atoms with E-state index in [9.17, 15) is 26.7 Å². The molecular formula is C13H4BrF5N4O. The summed E-state index contributed by atoms with van der Waals surface area (Å²) in [6.45, 7) is 0. The van der Waals surface area contributed by atoms with Crippen molar-refractivity contribution < 1.29 is 26.7 Å². The number of carbonyl (C=O) groups excluding carboxylic acids is 1. The molecule has 11 heteroatoms. The van der Waals surface area contributed by atoms with Crippen LogP contribution in [-0.2, 0) is 0 Å². The largest absolute Gasteiger partial charge is 0.315 e. The van der Waals surface area contributed by atoms with Crippen LogP contribution in [0, 0.1) is 29.1 Å². The van der Waals surface area contributed by atoms with Gasteiger partial charge < -0.3 is 5.32 Å². The van der Waals surface area contributed by atoms with E-state index in [2.05, 4.69) is 26.0 Å². The van der Waals surface area contributed by atoms with Gasteiger partial charge in [0, 0.05) is 12.4 Å². The Hall–Kier alpha value is -2.56. The lowest BCUT2D eigenvalue weighted by Gasteiger charge is -2.08. The van der Waals surface area contributed by atoms with Gasteiger partial charge in [-0.3, -0.25) is 4.79 Å². The zero-order valence-corrected chi connectivity index (χ0v) is 12.8. The smallest absolute Gasteiger partial charge is 0.277 e. The molecule has 0 radical (unpaired) electrons. The number of anilines is 1. The molecule has 2 aromatic heterocycles. The molecule has 0 atom stereocenters. The zero-order valence-electron chi connectivity index (χ0n) is 11.2. The first-order valence-electron chi connectivity index (χ1n) is 6.14. The highest BCUT2D eigenvalue weighted by Crippen LogP contribution is 2.28. The fourth-order valence-electron chi connectivity index (χ4n) is 1.89. The van der Waals surface area contributed by atoms with Gasteiger partial charge >= 0.3 is 0 Å². The Kier molecular flexibility index (Phi) is 3.95. The molecule has 0 unspecified atom stereocenters. The number of hydrogen-bond donors (Lipinski definition) is 1. The molecule has 5 nitrogen and oxygen atoms in total. The lowest BCUT2D eigenvalue weighted by atomic mass is 10.2. The van der Waals surface area contributed by atoms with Crippen LogP contribution in [0.1, 0.15) is 10.5 Å². The first-order valence-corrected chi connectivity index (χ1v) is 6.93. The zero-order chi connectivity index (χ0) is 17.6. The number of rotatable bonds is 2. The second-order valence-corrected chi connectivity index (χ2v) is 5.24. The SMILES string of the molecule is O=C(Nc1c(F)c(F)c(F)c(F)c1F)c1nn2cccnc2c1Br. The van der Waals surface area contributed by atoms with Crippen LogP contribution < -0.4 is 5.32 Å². The van der Waals surface area contributed by atoms with Crippen molar-refractivity contribution in [3.63, 3.8) is 0 Å². The standard InChI is InChI=1S/C13H4BrF5N4O/c14-4-10(22-23-3-1-2-20-12(4)23)13(24)21-11-8(18)6(16)5(15)7(17)9(11)19/h1-3H,(H,21,24). The summed E-state index contributed by atoms with van der Waals surface area (Å²) in [5.41, 5.74) is -1.59. The second-order valence-electron chi connectivity index (χ2n) is 4.45. The fraction of sp³-hybridized carbons (Fsp3) is 0. The maximum atomic E-state index is 13.6. The van der Waals surface area contributed by atoms with Gasteiger partial charge in [0.05, 0.1) is 4.47 Å². The molecule has 3 aromatic rings. The highest BCUT2D eigenvalue weighted by atomic mass is 79.9. The molecule has 0 aliphatic heterocycles. The van der Waals surface area contributed by atoms with Crippen LogP contribution in [0.3, 0.4) is 0 Å². The van der Waals surface area contributed by atoms with Crippen molar-refractivity contribution in [2.75, 3.05) is 5.32 Å². The number of nitrogens with one attached hydrogen (secondary N) is 1. The van der Waals surface area contributed by atoms with E-state index < -0.39 is 40.7 Å². The average Bonchev–Trinajstić information content (AvgIpc) is 2.92. The van der Waals surface area contributed by atoms with Crippen molar-refractivity contribution in [3.8, 4) is 0 Å². The minimum absolute atomic E-state index is 0.0875. The maximum Gasteiger partial charge on any atom is 0.277 e. The third-order valence-electron chi connectivity index (χ3n) is 3.00. The van der Waals surface area contributed by atoms with Gasteiger partial charge in [-0.15, -0.1) is 0 Å². The molecule has 24 heavy (non-hydrogen) atoms. The van der Waals surface area contributed by atoms with Crippen molar-refractivity contribution in [1.82, 2.24) is 14.6 Å². The topological polar surface area (TPSA) is 59.3 Å². The molecule has 124 valence electrons. The molecule has 3 rings (SSSR count). The molecule has 0 saturated heterocycles. The molecule has 0 aliphatic carbocycles. The van der Waals surface area contributed by atoms with Crippen molar-refractivity contribution in [3.05, 3.63) is 57.7 Å². The van der Waals surface area contributed by atoms with Crippen LogP contribution in [-0.4, -0.2) is 20.5 Å². The molecule has 0 aliphatic rings. The molecule has 1 amide bonds. The summed E-state index contributed by atoms with van der Waals surface area (Å²) in [5.74, 6) is -12.1. The van der Waals surface area contributed by atoms with Gasteiger partial charge in [0.25, 0.3) is 5.91 Å². The predicted molar refractivity (Wildman–Crippen MR) is 74.9 cm³/mol. The molecular weight excluding hydrogens is 403 g/mol. The number of aromatic nitrogens is 3. The van der Waals surface area contributed by atoms with Crippen LogP contribution in [0.25, 0.3) is 5.65 Å². The normalized spacial score (nSPS) is 11.1. The lowest BCUT2D eigenvalue weighted by molar-refractivity contribution is 0.102. The molecule has 1 aromatic carbocycles. The quantitative estimate of drug-likeness (QED) is 0.403. The van der Waals surface area contributed by atoms with Gasteiger partial charge in [-0.1, -0.05) is 0 Å². The lowest BCUT2D eigenvalue weighted by Crippen LogP contribution is -2.17. The number of halogens is 6. The van der Waals surface area contributed by atoms with Gasteiger partial charge in [0.2, 0.25) is 5.82 Å². The van der Waals surface area contributed by atoms with Gasteiger partial charge in [-0.05, 0) is 22.0 Å². The summed E-state index contributed by atoms with van der Waals surface area (Å²) >= 11 is 3.04. The third kappa shape index (κ3) is 2.40. The fourth-order valence-corrected chi connectivity index (χ4v) is 2.43. The summed E-state index contributed by atoms with van der Waals surface area (Å²) in [5, 5.41) is 5.46. The van der Waals surface area contributed by atoms with E-state index in [1.807, 2.05) is 0 Å². The number of nitrogens with zero attached hydrogens (tertiary/aromatic N) is 3. The Labute approximate surface area is 138 Å². The average molecular weight is 407 g/mol. The number of amides is 1. The summed E-state index contributed by atoms with van der Waals surface area (Å²) in [6, 6.07) is 1.51. The van der Waals surface area contributed by atoms with Gasteiger partial charge in [0.1, 0.15) is 5.69 Å². The Morgan fingerprint density at radius 2 is 1.62 bits per heavy atom. The van der Waals surface area contributed by atoms with Crippen LogP contribution in [0.5, 0.6) is 0 Å². The molecule has 0 fully saturated rings. The number of carbonyl (C=O) groups is 1. The van der Waals surface area contributed by atoms with E-state index in [1.54, 1.807) is 5.32 Å². The minimum Gasteiger partial charge on any atom is -0.315 e. The summed E-state index contributed by atoms with van der Waals surface area (Å²) in [7, 11) is 0. The Morgan fingerprint density at radius 1 is 1.04 bits per heavy atom. The summed E-state index contributed by atoms with van der Waals surface area (Å²) < 4.78 is 67.8. The monoisotopic (exact) mass is 406 g/mol. The number of hydrogen-bond acceptors (Lipinski definition) is 3. The van der Waals surface area contributed by atoms with Gasteiger partial charge in [-0.2, -0.15) is 5.10 Å². The highest BCUT2D eigenvalue weighted by molar-refractivity contribution is 9.10. The molecule has 0 bridgehead atoms. The third-order valence-corrected chi connectivity index (χ3v) is 3.73. The van der Waals surface area contributed by atoms with Crippen molar-refractivity contribution >= 4 is 33.2 Å². The predicted octanol–water partition coefficient (Wildman–Crippen LogP) is 3.44. The van der Waals surface area contributed by atoms with E-state index in [0.29, 0.717) is 0 Å². The van der Waals surface area contributed by atoms with E-state index in [0.717, 1.165) is 0 Å². The first-order chi connectivity index (χ1) is 11.3. The Bertz CT molecular complexity index is 961. The van der Waals surface area contributed by atoms with Crippen LogP contribution in [0.4, 0.5) is 27.6 Å². The van der Waals surface area contributed by atoms with E-state index in [-0.39, 0.29) is 15.8 Å². The van der Waals surface area contributed by atoms with Crippen molar-refractivity contribution in [2.24, 2.45) is 0 Å². The molecule has 1 N–H and O–H groups in total. The minimum atomic E-state index is -2.32. The number of benzene rings is 1.